The molecular weight excluding hydrogens is 439 g/mol. The van der Waals surface area contributed by atoms with E-state index in [-0.39, 0.29) is 36.9 Å². The molecule has 7 heteroatoms. The van der Waals surface area contributed by atoms with Crippen molar-refractivity contribution in [2.24, 2.45) is 22.7 Å². The first-order valence-corrected chi connectivity index (χ1v) is 12.2. The molecule has 6 nitrogen and oxygen atoms in total. The lowest BCUT2D eigenvalue weighted by atomic mass is 9.45. The van der Waals surface area contributed by atoms with Crippen LogP contribution >= 0.6 is 0 Å². The summed E-state index contributed by atoms with van der Waals surface area (Å²) < 4.78 is 28.5. The fourth-order valence-corrected chi connectivity index (χ4v) is 6.97. The molecule has 0 radical (unpaired) electrons. The highest BCUT2D eigenvalue weighted by atomic mass is 19.1. The molecule has 184 valence electrons. The maximum atomic E-state index is 17.7. The number of hydrogen-bond donors (Lipinski definition) is 0. The molecule has 34 heavy (non-hydrogen) atoms. The quantitative estimate of drug-likeness (QED) is 0.534. The van der Waals surface area contributed by atoms with Crippen molar-refractivity contribution in [2.75, 3.05) is 6.61 Å². The van der Waals surface area contributed by atoms with E-state index in [1.54, 1.807) is 13.0 Å². The summed E-state index contributed by atoms with van der Waals surface area (Å²) in [6.45, 7) is 6.49. The number of fused-ring (bicyclic) bond motifs is 5. The number of rotatable bonds is 6. The zero-order valence-electron chi connectivity index (χ0n) is 20.3. The van der Waals surface area contributed by atoms with Gasteiger partial charge < -0.3 is 9.47 Å². The molecule has 0 N–H and O–H groups in total. The van der Waals surface area contributed by atoms with Crippen LogP contribution in [0, 0.1) is 22.7 Å². The molecule has 0 spiro atoms. The summed E-state index contributed by atoms with van der Waals surface area (Å²) in [6, 6.07) is 0. The van der Waals surface area contributed by atoms with Crippen molar-refractivity contribution in [3.63, 3.8) is 0 Å². The van der Waals surface area contributed by atoms with Crippen LogP contribution in [0.5, 0.6) is 0 Å². The molecule has 0 aromatic carbocycles. The average molecular weight is 473 g/mol. The summed E-state index contributed by atoms with van der Waals surface area (Å²) >= 11 is 0. The maximum Gasteiger partial charge on any atom is 0.306 e. The molecule has 6 atom stereocenters. The Bertz CT molecular complexity index is 1020. The minimum atomic E-state index is -1.91. The van der Waals surface area contributed by atoms with Crippen LogP contribution in [0.25, 0.3) is 0 Å². The van der Waals surface area contributed by atoms with Crippen LogP contribution in [0.15, 0.2) is 35.5 Å². The van der Waals surface area contributed by atoms with Crippen LogP contribution < -0.4 is 0 Å². The minimum Gasteiger partial charge on any atom is -0.459 e. The summed E-state index contributed by atoms with van der Waals surface area (Å²) in [4.78, 5) is 48.9. The molecule has 2 fully saturated rings. The molecule has 0 amide bonds. The molecule has 0 aromatic heterocycles. The summed E-state index contributed by atoms with van der Waals surface area (Å²) in [6.07, 6.45) is 7.87. The van der Waals surface area contributed by atoms with E-state index in [1.807, 2.05) is 19.9 Å². The fourth-order valence-electron chi connectivity index (χ4n) is 6.97. The third-order valence-corrected chi connectivity index (χ3v) is 8.63. The van der Waals surface area contributed by atoms with Crippen molar-refractivity contribution in [1.82, 2.24) is 0 Å². The SMILES string of the molecule is CCCC(=O)O[C@@H]1C[C@]2(C)C(C(=O)COC(C)=O)=CC[C@H]2[C@H]2CCC3=CC(=O)C=C[C@]3(C)[C@]21F. The van der Waals surface area contributed by atoms with Crippen molar-refractivity contribution in [2.45, 2.75) is 78.0 Å². The zero-order chi connectivity index (χ0) is 24.9. The van der Waals surface area contributed by atoms with E-state index in [2.05, 4.69) is 0 Å². The Morgan fingerprint density at radius 2 is 1.94 bits per heavy atom. The predicted octanol–water partition coefficient (Wildman–Crippen LogP) is 4.38. The standard InChI is InChI=1S/C27H33FO6/c1-5-6-24(32)34-23-14-25(3)19(9-10-21(25)22(31)15-33-16(2)29)20-8-7-17-13-18(30)11-12-26(17,4)27(20,23)28/h10-13,19-20,23H,5-9,14-15H2,1-4H3/t19-,20+,23+,25-,26-,27-/m0/s1. The summed E-state index contributed by atoms with van der Waals surface area (Å²) in [5.41, 5.74) is -2.44. The lowest BCUT2D eigenvalue weighted by Crippen LogP contribution is -2.67. The van der Waals surface area contributed by atoms with Gasteiger partial charge in [-0.1, -0.05) is 31.6 Å². The highest BCUT2D eigenvalue weighted by molar-refractivity contribution is 6.01. The van der Waals surface area contributed by atoms with E-state index >= 15 is 4.39 Å². The van der Waals surface area contributed by atoms with Gasteiger partial charge in [0.05, 0.1) is 0 Å². The Morgan fingerprint density at radius 1 is 1.21 bits per heavy atom. The molecule has 0 bridgehead atoms. The Morgan fingerprint density at radius 3 is 2.62 bits per heavy atom. The van der Waals surface area contributed by atoms with Gasteiger partial charge >= 0.3 is 11.9 Å². The van der Waals surface area contributed by atoms with Crippen molar-refractivity contribution >= 4 is 23.5 Å². The Labute approximate surface area is 199 Å². The number of ether oxygens (including phenoxy) is 2. The molecule has 2 saturated carbocycles. The van der Waals surface area contributed by atoms with Gasteiger partial charge in [0, 0.05) is 35.7 Å². The van der Waals surface area contributed by atoms with Gasteiger partial charge in [0.25, 0.3) is 0 Å². The van der Waals surface area contributed by atoms with Gasteiger partial charge in [0.15, 0.2) is 23.8 Å². The van der Waals surface area contributed by atoms with Crippen LogP contribution in [0.1, 0.15) is 66.2 Å². The summed E-state index contributed by atoms with van der Waals surface area (Å²) in [5, 5.41) is 0. The number of alkyl halides is 1. The van der Waals surface area contributed by atoms with Crippen LogP contribution in [0.2, 0.25) is 0 Å². The second kappa shape index (κ2) is 8.58. The van der Waals surface area contributed by atoms with Crippen LogP contribution in [0.3, 0.4) is 0 Å². The number of ketones is 2. The molecular formula is C27H33FO6. The first-order chi connectivity index (χ1) is 16.0. The number of carbonyl (C=O) groups excluding carboxylic acids is 4. The van der Waals surface area contributed by atoms with Gasteiger partial charge in [0.2, 0.25) is 0 Å². The topological polar surface area (TPSA) is 86.7 Å². The monoisotopic (exact) mass is 472 g/mol. The Balaban J connectivity index is 1.75. The number of allylic oxidation sites excluding steroid dienone is 5. The van der Waals surface area contributed by atoms with Crippen LogP contribution in [-0.4, -0.2) is 41.9 Å². The van der Waals surface area contributed by atoms with Crippen molar-refractivity contribution in [3.8, 4) is 0 Å². The highest BCUT2D eigenvalue weighted by Crippen LogP contribution is 2.68. The van der Waals surface area contributed by atoms with Crippen molar-refractivity contribution in [3.05, 3.63) is 35.5 Å². The molecule has 0 heterocycles. The third-order valence-electron chi connectivity index (χ3n) is 8.63. The average Bonchev–Trinajstić information content (AvgIpc) is 3.10. The first kappa shape index (κ1) is 24.6. The van der Waals surface area contributed by atoms with E-state index in [0.29, 0.717) is 31.3 Å². The molecule has 0 aliphatic heterocycles. The number of halogens is 1. The normalized spacial score (nSPS) is 38.1. The zero-order valence-corrected chi connectivity index (χ0v) is 20.3. The fraction of sp³-hybridized carbons (Fsp3) is 0.630. The van der Waals surface area contributed by atoms with E-state index in [4.69, 9.17) is 9.47 Å². The highest BCUT2D eigenvalue weighted by Gasteiger charge is 2.71. The molecule has 4 rings (SSSR count). The first-order valence-electron chi connectivity index (χ1n) is 12.2. The largest absolute Gasteiger partial charge is 0.459 e. The number of hydrogen-bond acceptors (Lipinski definition) is 6. The molecule has 0 aromatic rings. The second-order valence-electron chi connectivity index (χ2n) is 10.5. The lowest BCUT2D eigenvalue weighted by Gasteiger charge is -2.62. The minimum absolute atomic E-state index is 0.155. The van der Waals surface area contributed by atoms with E-state index in [0.717, 1.165) is 5.57 Å². The molecule has 0 unspecified atom stereocenters. The van der Waals surface area contributed by atoms with Gasteiger partial charge in [-0.05, 0) is 57.1 Å². The molecule has 4 aliphatic rings. The lowest BCUT2D eigenvalue weighted by molar-refractivity contribution is -0.207. The van der Waals surface area contributed by atoms with E-state index in [1.165, 1.54) is 19.1 Å². The van der Waals surface area contributed by atoms with E-state index in [9.17, 15) is 19.2 Å². The van der Waals surface area contributed by atoms with Gasteiger partial charge in [0.1, 0.15) is 6.10 Å². The van der Waals surface area contributed by atoms with Gasteiger partial charge in [-0.3, -0.25) is 19.2 Å². The van der Waals surface area contributed by atoms with Crippen LogP contribution in [0.4, 0.5) is 4.39 Å². The van der Waals surface area contributed by atoms with Crippen LogP contribution in [-0.2, 0) is 28.7 Å². The van der Waals surface area contributed by atoms with Crippen molar-refractivity contribution < 1.29 is 33.0 Å². The number of Topliss-reactive ketones (excluding diaryl/α,β-unsaturated/α-hetero) is 1. The number of esters is 2. The molecule has 0 saturated heterocycles. The second-order valence-corrected chi connectivity index (χ2v) is 10.5. The van der Waals surface area contributed by atoms with Gasteiger partial charge in [-0.15, -0.1) is 0 Å². The third kappa shape index (κ3) is 3.59. The smallest absolute Gasteiger partial charge is 0.306 e. The summed E-state index contributed by atoms with van der Waals surface area (Å²) in [7, 11) is 0. The van der Waals surface area contributed by atoms with Gasteiger partial charge in [-0.2, -0.15) is 0 Å². The van der Waals surface area contributed by atoms with E-state index < -0.39 is 40.5 Å². The number of carbonyl (C=O) groups is 4. The Kier molecular flexibility index (Phi) is 6.19. The van der Waals surface area contributed by atoms with Crippen molar-refractivity contribution in [1.29, 1.82) is 0 Å². The maximum absolute atomic E-state index is 17.7. The summed E-state index contributed by atoms with van der Waals surface area (Å²) in [5.74, 6) is -2.09. The predicted molar refractivity (Wildman–Crippen MR) is 122 cm³/mol. The van der Waals surface area contributed by atoms with Gasteiger partial charge in [-0.25, -0.2) is 4.39 Å². The molecule has 4 aliphatic carbocycles. The Hall–Kier alpha value is -2.57.